The monoisotopic (exact) mass is 278 g/mol. The van der Waals surface area contributed by atoms with E-state index in [-0.39, 0.29) is 11.1 Å². The van der Waals surface area contributed by atoms with Crippen LogP contribution in [0, 0.1) is 6.92 Å². The van der Waals surface area contributed by atoms with E-state index in [9.17, 15) is 9.59 Å². The van der Waals surface area contributed by atoms with E-state index in [0.29, 0.717) is 5.56 Å². The lowest BCUT2D eigenvalue weighted by Gasteiger charge is -2.01. The van der Waals surface area contributed by atoms with Crippen molar-refractivity contribution in [1.82, 2.24) is 0 Å². The van der Waals surface area contributed by atoms with E-state index in [0.717, 1.165) is 6.07 Å². The molecule has 0 spiro atoms. The molecule has 1 rings (SSSR count). The molecule has 0 radical (unpaired) electrons. The predicted molar refractivity (Wildman–Crippen MR) is 79.4 cm³/mol. The van der Waals surface area contributed by atoms with Crippen LogP contribution in [0.15, 0.2) is 30.9 Å². The Balaban J connectivity index is 0.000000441. The molecular formula is C16H22O4. The Kier molecular flexibility index (Phi) is 8.75. The van der Waals surface area contributed by atoms with Gasteiger partial charge in [0, 0.05) is 0 Å². The SMILES string of the molecule is C=CCCCCC.Cc1ccc(C(=O)O)cc1C(=O)O. The zero-order valence-electron chi connectivity index (χ0n) is 12.1. The van der Waals surface area contributed by atoms with Crippen LogP contribution in [0.5, 0.6) is 0 Å². The fourth-order valence-corrected chi connectivity index (χ4v) is 1.52. The van der Waals surface area contributed by atoms with E-state index in [4.69, 9.17) is 10.2 Å². The molecule has 2 N–H and O–H groups in total. The molecule has 0 aromatic heterocycles. The highest BCUT2D eigenvalue weighted by Gasteiger charge is 2.10. The predicted octanol–water partition coefficient (Wildman–Crippen LogP) is 4.14. The number of hydrogen-bond donors (Lipinski definition) is 2. The Bertz CT molecular complexity index is 464. The topological polar surface area (TPSA) is 74.6 Å². The zero-order chi connectivity index (χ0) is 15.5. The molecule has 0 bridgehead atoms. The number of carboxylic acids is 2. The summed E-state index contributed by atoms with van der Waals surface area (Å²) in [6, 6.07) is 4.01. The van der Waals surface area contributed by atoms with Crippen molar-refractivity contribution < 1.29 is 19.8 Å². The second kappa shape index (κ2) is 9.78. The smallest absolute Gasteiger partial charge is 0.335 e. The number of carbonyl (C=O) groups is 2. The Labute approximate surface area is 119 Å². The maximum atomic E-state index is 10.6. The third kappa shape index (κ3) is 6.73. The fraction of sp³-hybridized carbons (Fsp3) is 0.375. The van der Waals surface area contributed by atoms with E-state index < -0.39 is 11.9 Å². The normalized spacial score (nSPS) is 9.30. The van der Waals surface area contributed by atoms with Crippen LogP contribution in [0.3, 0.4) is 0 Å². The summed E-state index contributed by atoms with van der Waals surface area (Å²) in [5.41, 5.74) is 0.570. The van der Waals surface area contributed by atoms with Gasteiger partial charge in [0.2, 0.25) is 0 Å². The molecule has 4 heteroatoms. The van der Waals surface area contributed by atoms with Crippen molar-refractivity contribution in [2.75, 3.05) is 0 Å². The summed E-state index contributed by atoms with van der Waals surface area (Å²) in [5, 5.41) is 17.3. The van der Waals surface area contributed by atoms with E-state index in [2.05, 4.69) is 13.5 Å². The minimum absolute atomic E-state index is 0.0111. The lowest BCUT2D eigenvalue weighted by Crippen LogP contribution is -2.03. The number of rotatable bonds is 6. The van der Waals surface area contributed by atoms with E-state index in [1.807, 2.05) is 6.08 Å². The summed E-state index contributed by atoms with van der Waals surface area (Å²) in [6.45, 7) is 7.46. The number of unbranched alkanes of at least 4 members (excludes halogenated alkanes) is 3. The van der Waals surface area contributed by atoms with Crippen LogP contribution in [-0.2, 0) is 0 Å². The maximum Gasteiger partial charge on any atom is 0.335 e. The number of aromatic carboxylic acids is 2. The van der Waals surface area contributed by atoms with Crippen LogP contribution in [0.25, 0.3) is 0 Å². The van der Waals surface area contributed by atoms with Crippen LogP contribution in [0.2, 0.25) is 0 Å². The van der Waals surface area contributed by atoms with Gasteiger partial charge in [-0.1, -0.05) is 31.9 Å². The van der Waals surface area contributed by atoms with Crippen LogP contribution in [0.4, 0.5) is 0 Å². The van der Waals surface area contributed by atoms with Gasteiger partial charge < -0.3 is 10.2 Å². The van der Waals surface area contributed by atoms with Crippen molar-refractivity contribution in [2.45, 2.75) is 39.5 Å². The van der Waals surface area contributed by atoms with Gasteiger partial charge in [0.1, 0.15) is 0 Å². The summed E-state index contributed by atoms with van der Waals surface area (Å²) in [5.74, 6) is -2.23. The van der Waals surface area contributed by atoms with Crippen molar-refractivity contribution in [1.29, 1.82) is 0 Å². The molecule has 0 unspecified atom stereocenters. The van der Waals surface area contributed by atoms with E-state index in [1.54, 1.807) is 6.92 Å². The lowest BCUT2D eigenvalue weighted by molar-refractivity contribution is 0.0695. The highest BCUT2D eigenvalue weighted by atomic mass is 16.4. The molecule has 0 aliphatic carbocycles. The van der Waals surface area contributed by atoms with Crippen molar-refractivity contribution >= 4 is 11.9 Å². The van der Waals surface area contributed by atoms with Crippen LogP contribution in [0.1, 0.15) is 58.9 Å². The molecule has 0 amide bonds. The van der Waals surface area contributed by atoms with Gasteiger partial charge in [0.25, 0.3) is 0 Å². The Hall–Kier alpha value is -2.10. The summed E-state index contributed by atoms with van der Waals surface area (Å²) < 4.78 is 0. The molecule has 1 aromatic rings. The third-order valence-electron chi connectivity index (χ3n) is 2.73. The second-order valence-electron chi connectivity index (χ2n) is 4.42. The molecular weight excluding hydrogens is 256 g/mol. The van der Waals surface area contributed by atoms with Crippen molar-refractivity contribution in [3.8, 4) is 0 Å². The average Bonchev–Trinajstić information content (AvgIpc) is 2.40. The van der Waals surface area contributed by atoms with Gasteiger partial charge in [-0.05, 0) is 37.5 Å². The summed E-state index contributed by atoms with van der Waals surface area (Å²) in [4.78, 5) is 21.1. The number of benzene rings is 1. The number of hydrogen-bond acceptors (Lipinski definition) is 2. The highest BCUT2D eigenvalue weighted by molar-refractivity contribution is 5.94. The molecule has 0 aliphatic heterocycles. The number of aryl methyl sites for hydroxylation is 1. The minimum atomic E-state index is -1.12. The Morgan fingerprint density at radius 1 is 1.20 bits per heavy atom. The summed E-state index contributed by atoms with van der Waals surface area (Å²) in [7, 11) is 0. The average molecular weight is 278 g/mol. The Morgan fingerprint density at radius 3 is 2.30 bits per heavy atom. The van der Waals surface area contributed by atoms with Crippen molar-refractivity contribution in [3.63, 3.8) is 0 Å². The first-order valence-electron chi connectivity index (χ1n) is 6.62. The molecule has 20 heavy (non-hydrogen) atoms. The molecule has 1 aromatic carbocycles. The molecule has 110 valence electrons. The first-order chi connectivity index (χ1) is 9.43. The largest absolute Gasteiger partial charge is 0.478 e. The van der Waals surface area contributed by atoms with Gasteiger partial charge in [-0.2, -0.15) is 0 Å². The van der Waals surface area contributed by atoms with Crippen molar-refractivity contribution in [3.05, 3.63) is 47.5 Å². The minimum Gasteiger partial charge on any atom is -0.478 e. The summed E-state index contributed by atoms with van der Waals surface area (Å²) in [6.07, 6.45) is 7.16. The van der Waals surface area contributed by atoms with Gasteiger partial charge in [0.05, 0.1) is 11.1 Å². The summed E-state index contributed by atoms with van der Waals surface area (Å²) >= 11 is 0. The second-order valence-corrected chi connectivity index (χ2v) is 4.42. The molecule has 4 nitrogen and oxygen atoms in total. The fourth-order valence-electron chi connectivity index (χ4n) is 1.52. The molecule has 0 saturated carbocycles. The molecule has 0 atom stereocenters. The molecule has 0 heterocycles. The number of allylic oxidation sites excluding steroid dienone is 1. The number of carboxylic acid groups (broad SMARTS) is 2. The van der Waals surface area contributed by atoms with Crippen LogP contribution >= 0.6 is 0 Å². The van der Waals surface area contributed by atoms with E-state index >= 15 is 0 Å². The molecule has 0 fully saturated rings. The van der Waals surface area contributed by atoms with Crippen LogP contribution in [-0.4, -0.2) is 22.2 Å². The zero-order valence-corrected chi connectivity index (χ0v) is 12.1. The lowest BCUT2D eigenvalue weighted by atomic mass is 10.1. The van der Waals surface area contributed by atoms with E-state index in [1.165, 1.54) is 37.8 Å². The Morgan fingerprint density at radius 2 is 1.85 bits per heavy atom. The van der Waals surface area contributed by atoms with Crippen molar-refractivity contribution in [2.24, 2.45) is 0 Å². The van der Waals surface area contributed by atoms with Gasteiger partial charge in [-0.15, -0.1) is 6.58 Å². The van der Waals surface area contributed by atoms with Gasteiger partial charge >= 0.3 is 11.9 Å². The molecule has 0 saturated heterocycles. The van der Waals surface area contributed by atoms with Gasteiger partial charge in [-0.25, -0.2) is 9.59 Å². The first kappa shape index (κ1) is 17.9. The first-order valence-corrected chi connectivity index (χ1v) is 6.62. The standard InChI is InChI=1S/C9H8O4.C7H14/c1-5-2-3-6(8(10)11)4-7(5)9(12)13;1-3-5-7-6-4-2/h2-4H,1H3,(H,10,11)(H,12,13);3H,1,4-7H2,2H3. The molecule has 0 aliphatic rings. The highest BCUT2D eigenvalue weighted by Crippen LogP contribution is 2.11. The third-order valence-corrected chi connectivity index (χ3v) is 2.73. The van der Waals surface area contributed by atoms with Gasteiger partial charge in [0.15, 0.2) is 0 Å². The van der Waals surface area contributed by atoms with Gasteiger partial charge in [-0.3, -0.25) is 0 Å². The quantitative estimate of drug-likeness (QED) is 0.605. The maximum absolute atomic E-state index is 10.6. The van der Waals surface area contributed by atoms with Crippen LogP contribution < -0.4 is 0 Å².